The largest absolute Gasteiger partial charge is 0.277 e. The van der Waals surface area contributed by atoms with Crippen molar-refractivity contribution in [2.75, 3.05) is 0 Å². The number of carbonyl (C=O) groups excluding carboxylic acids is 1. The Kier molecular flexibility index (Phi) is 3.22. The van der Waals surface area contributed by atoms with Crippen molar-refractivity contribution in [3.63, 3.8) is 0 Å². The molecule has 3 heteroatoms. The number of para-hydroxylation sites is 2. The summed E-state index contributed by atoms with van der Waals surface area (Å²) in [6.07, 6.45) is 1.46. The van der Waals surface area contributed by atoms with Gasteiger partial charge in [0, 0.05) is 5.56 Å². The highest BCUT2D eigenvalue weighted by molar-refractivity contribution is 6.08. The third-order valence-corrected chi connectivity index (χ3v) is 2.78. The first-order valence-corrected chi connectivity index (χ1v) is 6.16. The van der Waals surface area contributed by atoms with Crippen LogP contribution in [-0.4, -0.2) is 15.8 Å². The lowest BCUT2D eigenvalue weighted by atomic mass is 10.2. The molecule has 3 nitrogen and oxygen atoms in total. The van der Waals surface area contributed by atoms with E-state index in [1.807, 2.05) is 54.6 Å². The number of benzene rings is 2. The smallest absolute Gasteiger partial charge is 0.256 e. The Bertz CT molecular complexity index is 829. The molecule has 0 radical (unpaired) electrons. The van der Waals surface area contributed by atoms with E-state index < -0.39 is 0 Å². The lowest BCUT2D eigenvalue weighted by Gasteiger charge is -1.97. The molecule has 1 aromatic heterocycles. The Hall–Kier alpha value is -2.99. The first-order chi connectivity index (χ1) is 9.83. The van der Waals surface area contributed by atoms with Gasteiger partial charge in [-0.3, -0.25) is 9.78 Å². The fourth-order valence-electron chi connectivity index (χ4n) is 1.78. The third kappa shape index (κ3) is 2.55. The number of fused-ring (bicyclic) bond motifs is 1. The summed E-state index contributed by atoms with van der Waals surface area (Å²) in [6, 6.07) is 16.8. The summed E-state index contributed by atoms with van der Waals surface area (Å²) in [5.41, 5.74) is 2.53. The van der Waals surface area contributed by atoms with Crippen molar-refractivity contribution in [2.24, 2.45) is 0 Å². The fourth-order valence-corrected chi connectivity index (χ4v) is 1.78. The summed E-state index contributed by atoms with van der Waals surface area (Å²) in [5, 5.41) is 0. The van der Waals surface area contributed by atoms with E-state index in [1.54, 1.807) is 0 Å². The summed E-state index contributed by atoms with van der Waals surface area (Å²) >= 11 is 0. The van der Waals surface area contributed by atoms with Gasteiger partial charge in [-0.05, 0) is 30.2 Å². The number of Topliss-reactive ketones (excluding diaryl/α,β-unsaturated/α-hetero) is 1. The molecule has 0 saturated carbocycles. The molecule has 2 aromatic carbocycles. The molecular weight excluding hydrogens is 248 g/mol. The summed E-state index contributed by atoms with van der Waals surface area (Å²) in [6.45, 7) is 0. The Labute approximate surface area is 116 Å². The van der Waals surface area contributed by atoms with Gasteiger partial charge < -0.3 is 0 Å². The van der Waals surface area contributed by atoms with Gasteiger partial charge in [-0.15, -0.1) is 0 Å². The highest BCUT2D eigenvalue weighted by Crippen LogP contribution is 2.08. The summed E-state index contributed by atoms with van der Waals surface area (Å²) in [5.74, 6) is 5.09. The molecule has 3 rings (SSSR count). The van der Waals surface area contributed by atoms with Gasteiger partial charge in [0.2, 0.25) is 0 Å². The van der Waals surface area contributed by atoms with Crippen LogP contribution in [0, 0.1) is 11.8 Å². The highest BCUT2D eigenvalue weighted by Gasteiger charge is 2.05. The van der Waals surface area contributed by atoms with E-state index >= 15 is 0 Å². The first kappa shape index (κ1) is 12.1. The lowest BCUT2D eigenvalue weighted by Crippen LogP contribution is -2.00. The molecule has 3 aromatic rings. The average molecular weight is 258 g/mol. The van der Waals surface area contributed by atoms with Crippen LogP contribution < -0.4 is 0 Å². The van der Waals surface area contributed by atoms with E-state index in [2.05, 4.69) is 21.8 Å². The second-order valence-corrected chi connectivity index (χ2v) is 4.19. The van der Waals surface area contributed by atoms with Crippen LogP contribution in [0.15, 0.2) is 60.8 Å². The predicted octanol–water partition coefficient (Wildman–Crippen LogP) is 2.86. The summed E-state index contributed by atoms with van der Waals surface area (Å²) in [7, 11) is 0. The molecule has 1 heterocycles. The molecule has 20 heavy (non-hydrogen) atoms. The highest BCUT2D eigenvalue weighted by atomic mass is 16.1. The van der Waals surface area contributed by atoms with Gasteiger partial charge in [0.05, 0.1) is 17.2 Å². The topological polar surface area (TPSA) is 42.9 Å². The third-order valence-electron chi connectivity index (χ3n) is 2.78. The normalized spacial score (nSPS) is 9.80. The monoisotopic (exact) mass is 258 g/mol. The van der Waals surface area contributed by atoms with Crippen LogP contribution in [-0.2, 0) is 0 Å². The molecule has 0 bridgehead atoms. The number of carbonyl (C=O) groups is 1. The number of nitrogens with zero attached hydrogens (tertiary/aromatic N) is 2. The van der Waals surface area contributed by atoms with Crippen LogP contribution in [0.1, 0.15) is 16.1 Å². The van der Waals surface area contributed by atoms with Crippen LogP contribution >= 0.6 is 0 Å². The Morgan fingerprint density at radius 2 is 1.60 bits per heavy atom. The predicted molar refractivity (Wildman–Crippen MR) is 77.2 cm³/mol. The second-order valence-electron chi connectivity index (χ2n) is 4.19. The Morgan fingerprint density at radius 3 is 2.40 bits per heavy atom. The quantitative estimate of drug-likeness (QED) is 0.498. The van der Waals surface area contributed by atoms with Gasteiger partial charge in [0.15, 0.2) is 0 Å². The maximum Gasteiger partial charge on any atom is 0.256 e. The van der Waals surface area contributed by atoms with Gasteiger partial charge in [-0.1, -0.05) is 36.3 Å². The number of hydrogen-bond donors (Lipinski definition) is 0. The van der Waals surface area contributed by atoms with Gasteiger partial charge >= 0.3 is 0 Å². The summed E-state index contributed by atoms with van der Waals surface area (Å²) < 4.78 is 0. The second kappa shape index (κ2) is 5.33. The van der Waals surface area contributed by atoms with Crippen LogP contribution in [0.25, 0.3) is 11.0 Å². The lowest BCUT2D eigenvalue weighted by molar-refractivity contribution is 0.105. The van der Waals surface area contributed by atoms with Crippen molar-refractivity contribution in [3.8, 4) is 11.8 Å². The zero-order valence-corrected chi connectivity index (χ0v) is 10.6. The molecular formula is C17H10N2O. The molecule has 0 N–H and O–H groups in total. The maximum absolute atomic E-state index is 12.0. The van der Waals surface area contributed by atoms with E-state index in [0.29, 0.717) is 5.52 Å². The van der Waals surface area contributed by atoms with Crippen molar-refractivity contribution < 1.29 is 4.79 Å². The molecule has 0 fully saturated rings. The minimum atomic E-state index is -0.327. The van der Waals surface area contributed by atoms with Crippen LogP contribution in [0.3, 0.4) is 0 Å². The van der Waals surface area contributed by atoms with Crippen LogP contribution in [0.2, 0.25) is 0 Å². The van der Waals surface area contributed by atoms with Crippen molar-refractivity contribution in [2.45, 2.75) is 0 Å². The number of rotatable bonds is 1. The van der Waals surface area contributed by atoms with E-state index in [4.69, 9.17) is 0 Å². The van der Waals surface area contributed by atoms with Gasteiger partial charge in [-0.25, -0.2) is 4.98 Å². The van der Waals surface area contributed by atoms with E-state index in [9.17, 15) is 4.79 Å². The van der Waals surface area contributed by atoms with Crippen molar-refractivity contribution in [3.05, 3.63) is 72.1 Å². The fraction of sp³-hybridized carbons (Fsp3) is 0. The van der Waals surface area contributed by atoms with E-state index in [-0.39, 0.29) is 11.5 Å². The molecule has 0 aliphatic carbocycles. The minimum absolute atomic E-state index is 0.270. The summed E-state index contributed by atoms with van der Waals surface area (Å²) in [4.78, 5) is 20.5. The molecule has 0 aliphatic heterocycles. The molecule has 0 amide bonds. The average Bonchev–Trinajstić information content (AvgIpc) is 2.53. The first-order valence-electron chi connectivity index (χ1n) is 6.16. The van der Waals surface area contributed by atoms with E-state index in [0.717, 1.165) is 11.1 Å². The number of aromatic nitrogens is 2. The maximum atomic E-state index is 12.0. The van der Waals surface area contributed by atoms with Gasteiger partial charge in [-0.2, -0.15) is 0 Å². The molecule has 0 spiro atoms. The SMILES string of the molecule is O=C(C#Cc1ccccc1)c1cnc2ccccc2n1. The zero-order chi connectivity index (χ0) is 13.8. The Morgan fingerprint density at radius 1 is 0.900 bits per heavy atom. The molecule has 0 unspecified atom stereocenters. The van der Waals surface area contributed by atoms with Gasteiger partial charge in [0.1, 0.15) is 5.69 Å². The Balaban J connectivity index is 1.91. The number of hydrogen-bond acceptors (Lipinski definition) is 3. The van der Waals surface area contributed by atoms with Crippen molar-refractivity contribution >= 4 is 16.8 Å². The standard InChI is InChI=1S/C17H10N2O/c20-17(11-10-13-6-2-1-3-7-13)16-12-18-14-8-4-5-9-15(14)19-16/h1-9,12H. The van der Waals surface area contributed by atoms with Crippen molar-refractivity contribution in [1.29, 1.82) is 0 Å². The molecule has 0 saturated heterocycles. The van der Waals surface area contributed by atoms with Crippen LogP contribution in [0.5, 0.6) is 0 Å². The molecule has 0 atom stereocenters. The van der Waals surface area contributed by atoms with E-state index in [1.165, 1.54) is 6.20 Å². The van der Waals surface area contributed by atoms with Crippen LogP contribution in [0.4, 0.5) is 0 Å². The minimum Gasteiger partial charge on any atom is -0.277 e. The van der Waals surface area contributed by atoms with Gasteiger partial charge in [0.25, 0.3) is 5.78 Å². The van der Waals surface area contributed by atoms with Crippen molar-refractivity contribution in [1.82, 2.24) is 9.97 Å². The zero-order valence-electron chi connectivity index (χ0n) is 10.6. The molecule has 0 aliphatic rings. The number of ketones is 1. The molecule has 94 valence electrons.